The van der Waals surface area contributed by atoms with Crippen LogP contribution in [0.3, 0.4) is 0 Å². The molecule has 78 valence electrons. The molecule has 0 saturated carbocycles. The highest BCUT2D eigenvalue weighted by Crippen LogP contribution is 2.06. The van der Waals surface area contributed by atoms with Gasteiger partial charge >= 0.3 is 0 Å². The van der Waals surface area contributed by atoms with Crippen molar-refractivity contribution in [2.45, 2.75) is 19.9 Å². The minimum absolute atomic E-state index is 0.614. The van der Waals surface area contributed by atoms with Gasteiger partial charge in [0, 0.05) is 13.1 Å². The summed E-state index contributed by atoms with van der Waals surface area (Å²) in [5, 5.41) is 8.62. The van der Waals surface area contributed by atoms with Crippen LogP contribution >= 0.6 is 0 Å². The Morgan fingerprint density at radius 1 is 1.40 bits per heavy atom. The number of carbonyl (C=O) groups excluding carboxylic acids is 1. The van der Waals surface area contributed by atoms with E-state index in [4.69, 9.17) is 5.26 Å². The standard InChI is InChI=1S/C12H14N2O/c1-2-7-14(10-15)9-12-5-3-11(8-13)4-6-12/h3-6,10H,2,7,9H2,1H3. The van der Waals surface area contributed by atoms with Crippen LogP contribution in [0.5, 0.6) is 0 Å². The van der Waals surface area contributed by atoms with Crippen LogP contribution in [0.4, 0.5) is 0 Å². The maximum atomic E-state index is 10.7. The van der Waals surface area contributed by atoms with E-state index in [-0.39, 0.29) is 0 Å². The van der Waals surface area contributed by atoms with E-state index < -0.39 is 0 Å². The van der Waals surface area contributed by atoms with Gasteiger partial charge in [0.2, 0.25) is 6.41 Å². The molecule has 0 bridgehead atoms. The summed E-state index contributed by atoms with van der Waals surface area (Å²) in [5.41, 5.74) is 1.70. The van der Waals surface area contributed by atoms with Crippen LogP contribution in [-0.2, 0) is 11.3 Å². The van der Waals surface area contributed by atoms with Crippen LogP contribution < -0.4 is 0 Å². The van der Waals surface area contributed by atoms with E-state index in [9.17, 15) is 4.79 Å². The van der Waals surface area contributed by atoms with Crippen molar-refractivity contribution in [1.82, 2.24) is 4.90 Å². The molecule has 0 radical (unpaired) electrons. The van der Waals surface area contributed by atoms with Crippen molar-refractivity contribution in [2.75, 3.05) is 6.54 Å². The number of carbonyl (C=O) groups is 1. The summed E-state index contributed by atoms with van der Waals surface area (Å²) in [7, 11) is 0. The predicted octanol–water partition coefficient (Wildman–Crippen LogP) is 1.93. The van der Waals surface area contributed by atoms with Crippen molar-refractivity contribution >= 4 is 6.41 Å². The van der Waals surface area contributed by atoms with E-state index in [0.29, 0.717) is 12.1 Å². The summed E-state index contributed by atoms with van der Waals surface area (Å²) in [6.45, 7) is 3.42. The number of hydrogen-bond donors (Lipinski definition) is 0. The lowest BCUT2D eigenvalue weighted by Gasteiger charge is -2.15. The van der Waals surface area contributed by atoms with Gasteiger partial charge in [-0.3, -0.25) is 4.79 Å². The zero-order valence-electron chi connectivity index (χ0n) is 8.81. The van der Waals surface area contributed by atoms with E-state index >= 15 is 0 Å². The fourth-order valence-corrected chi connectivity index (χ4v) is 1.38. The van der Waals surface area contributed by atoms with Crippen molar-refractivity contribution in [3.63, 3.8) is 0 Å². The SMILES string of the molecule is CCCN(C=O)Cc1ccc(C#N)cc1. The Labute approximate surface area is 89.9 Å². The van der Waals surface area contributed by atoms with Crippen LogP contribution in [0.25, 0.3) is 0 Å². The summed E-state index contributed by atoms with van der Waals surface area (Å²) >= 11 is 0. The van der Waals surface area contributed by atoms with Gasteiger partial charge in [-0.2, -0.15) is 5.26 Å². The topological polar surface area (TPSA) is 44.1 Å². The third-order valence-electron chi connectivity index (χ3n) is 2.13. The van der Waals surface area contributed by atoms with Crippen molar-refractivity contribution in [3.8, 4) is 6.07 Å². The Balaban J connectivity index is 2.63. The second-order valence-corrected chi connectivity index (χ2v) is 3.38. The highest BCUT2D eigenvalue weighted by atomic mass is 16.1. The number of benzene rings is 1. The fraction of sp³-hybridized carbons (Fsp3) is 0.333. The third-order valence-corrected chi connectivity index (χ3v) is 2.13. The third kappa shape index (κ3) is 3.43. The first-order valence-corrected chi connectivity index (χ1v) is 4.98. The molecule has 0 aliphatic heterocycles. The lowest BCUT2D eigenvalue weighted by Crippen LogP contribution is -2.21. The Morgan fingerprint density at radius 2 is 2.07 bits per heavy atom. The van der Waals surface area contributed by atoms with E-state index in [1.165, 1.54) is 0 Å². The van der Waals surface area contributed by atoms with Crippen molar-refractivity contribution in [1.29, 1.82) is 5.26 Å². The summed E-state index contributed by atoms with van der Waals surface area (Å²) in [6.07, 6.45) is 1.82. The summed E-state index contributed by atoms with van der Waals surface area (Å²) < 4.78 is 0. The predicted molar refractivity (Wildman–Crippen MR) is 57.9 cm³/mol. The summed E-state index contributed by atoms with van der Waals surface area (Å²) in [5.74, 6) is 0. The Morgan fingerprint density at radius 3 is 2.53 bits per heavy atom. The van der Waals surface area contributed by atoms with Crippen LogP contribution in [0.15, 0.2) is 24.3 Å². The highest BCUT2D eigenvalue weighted by molar-refractivity contribution is 5.47. The monoisotopic (exact) mass is 202 g/mol. The van der Waals surface area contributed by atoms with Gasteiger partial charge in [-0.25, -0.2) is 0 Å². The molecule has 0 atom stereocenters. The van der Waals surface area contributed by atoms with Crippen LogP contribution in [-0.4, -0.2) is 17.9 Å². The molecule has 0 spiro atoms. The first-order chi connectivity index (χ1) is 7.30. The molecule has 3 heteroatoms. The summed E-state index contributed by atoms with van der Waals surface area (Å²) in [4.78, 5) is 12.4. The molecular formula is C12H14N2O. The minimum Gasteiger partial charge on any atom is -0.341 e. The molecule has 0 aliphatic rings. The fourth-order valence-electron chi connectivity index (χ4n) is 1.38. The van der Waals surface area contributed by atoms with Gasteiger partial charge in [0.15, 0.2) is 0 Å². The van der Waals surface area contributed by atoms with Gasteiger partial charge in [0.25, 0.3) is 0 Å². The Bertz CT molecular complexity index is 351. The molecular weight excluding hydrogens is 188 g/mol. The van der Waals surface area contributed by atoms with E-state index in [1.807, 2.05) is 19.1 Å². The van der Waals surface area contributed by atoms with Crippen LogP contribution in [0.1, 0.15) is 24.5 Å². The van der Waals surface area contributed by atoms with Crippen LogP contribution in [0.2, 0.25) is 0 Å². The lowest BCUT2D eigenvalue weighted by atomic mass is 10.1. The Kier molecular flexibility index (Phi) is 4.36. The van der Waals surface area contributed by atoms with Crippen molar-refractivity contribution < 1.29 is 4.79 Å². The quantitative estimate of drug-likeness (QED) is 0.685. The van der Waals surface area contributed by atoms with Gasteiger partial charge in [-0.1, -0.05) is 19.1 Å². The van der Waals surface area contributed by atoms with Crippen molar-refractivity contribution in [2.24, 2.45) is 0 Å². The zero-order chi connectivity index (χ0) is 11.1. The largest absolute Gasteiger partial charge is 0.341 e. The molecule has 15 heavy (non-hydrogen) atoms. The first-order valence-electron chi connectivity index (χ1n) is 4.98. The lowest BCUT2D eigenvalue weighted by molar-refractivity contribution is -0.118. The number of rotatable bonds is 5. The number of nitrogens with zero attached hydrogens (tertiary/aromatic N) is 2. The molecule has 0 saturated heterocycles. The average Bonchev–Trinajstić information content (AvgIpc) is 2.29. The van der Waals surface area contributed by atoms with Crippen LogP contribution in [0, 0.1) is 11.3 Å². The molecule has 1 amide bonds. The average molecular weight is 202 g/mol. The number of nitriles is 1. The minimum atomic E-state index is 0.614. The second-order valence-electron chi connectivity index (χ2n) is 3.38. The van der Waals surface area contributed by atoms with E-state index in [1.54, 1.807) is 17.0 Å². The zero-order valence-corrected chi connectivity index (χ0v) is 8.81. The smallest absolute Gasteiger partial charge is 0.210 e. The number of hydrogen-bond acceptors (Lipinski definition) is 2. The van der Waals surface area contributed by atoms with Crippen molar-refractivity contribution in [3.05, 3.63) is 35.4 Å². The maximum absolute atomic E-state index is 10.7. The molecule has 1 aromatic rings. The molecule has 0 heterocycles. The molecule has 0 aromatic heterocycles. The molecule has 3 nitrogen and oxygen atoms in total. The molecule has 1 rings (SSSR count). The maximum Gasteiger partial charge on any atom is 0.210 e. The van der Waals surface area contributed by atoms with Gasteiger partial charge < -0.3 is 4.90 Å². The number of amides is 1. The summed E-state index contributed by atoms with van der Waals surface area (Å²) in [6, 6.07) is 9.36. The van der Waals surface area contributed by atoms with Gasteiger partial charge in [-0.15, -0.1) is 0 Å². The van der Waals surface area contributed by atoms with E-state index in [2.05, 4.69) is 6.07 Å². The normalized spacial score (nSPS) is 9.33. The van der Waals surface area contributed by atoms with E-state index in [0.717, 1.165) is 24.9 Å². The first kappa shape index (κ1) is 11.3. The molecule has 1 aromatic carbocycles. The van der Waals surface area contributed by atoms with Gasteiger partial charge in [0.05, 0.1) is 11.6 Å². The Hall–Kier alpha value is -1.82. The molecule has 0 aliphatic carbocycles. The van der Waals surface area contributed by atoms with Gasteiger partial charge in [0.1, 0.15) is 0 Å². The molecule has 0 N–H and O–H groups in total. The van der Waals surface area contributed by atoms with Gasteiger partial charge in [-0.05, 0) is 24.1 Å². The molecule has 0 fully saturated rings. The molecule has 0 unspecified atom stereocenters. The second kappa shape index (κ2) is 5.82. The highest BCUT2D eigenvalue weighted by Gasteiger charge is 2.01.